The van der Waals surface area contributed by atoms with E-state index in [4.69, 9.17) is 11.6 Å². The molecular weight excluding hydrogens is 424 g/mol. The Kier molecular flexibility index (Phi) is 7.01. The Bertz CT molecular complexity index is 963. The summed E-state index contributed by atoms with van der Waals surface area (Å²) in [4.78, 5) is 48.3. The summed E-state index contributed by atoms with van der Waals surface area (Å²) in [5.74, 6) is -0.279. The summed E-state index contributed by atoms with van der Waals surface area (Å²) in [6, 6.07) is 4.61. The first kappa shape index (κ1) is 22.4. The first-order valence-corrected chi connectivity index (χ1v) is 10.2. The third kappa shape index (κ3) is 5.26. The van der Waals surface area contributed by atoms with E-state index in [0.29, 0.717) is 32.1 Å². The molecule has 1 aromatic carbocycles. The molecule has 2 heterocycles. The van der Waals surface area contributed by atoms with Crippen LogP contribution < -0.4 is 10.2 Å². The summed E-state index contributed by atoms with van der Waals surface area (Å²) >= 11 is 6.06. The molecule has 1 atom stereocenters. The van der Waals surface area contributed by atoms with Crippen LogP contribution in [0.1, 0.15) is 24.2 Å². The van der Waals surface area contributed by atoms with Crippen LogP contribution in [-0.4, -0.2) is 63.8 Å². The van der Waals surface area contributed by atoms with Crippen LogP contribution in [0.2, 0.25) is 5.02 Å². The second-order valence-electron chi connectivity index (χ2n) is 7.48. The number of rotatable bonds is 6. The van der Waals surface area contributed by atoms with Gasteiger partial charge >= 0.3 is 0 Å². The lowest BCUT2D eigenvalue weighted by Crippen LogP contribution is -2.56. The zero-order valence-corrected chi connectivity index (χ0v) is 18.0. The van der Waals surface area contributed by atoms with Crippen molar-refractivity contribution in [1.82, 2.24) is 20.2 Å². The molecule has 1 aliphatic rings. The molecule has 0 spiro atoms. The topological polar surface area (TPSA) is 122 Å². The average Bonchev–Trinajstić information content (AvgIpc) is 2.77. The maximum Gasteiger partial charge on any atom is 0.270 e. The highest BCUT2D eigenvalue weighted by Gasteiger charge is 2.32. The fourth-order valence-corrected chi connectivity index (χ4v) is 3.57. The predicted octanol–water partition coefficient (Wildman–Crippen LogP) is 2.14. The van der Waals surface area contributed by atoms with Crippen LogP contribution in [-0.2, 0) is 4.79 Å². The molecule has 1 fully saturated rings. The molecule has 2 aromatic rings. The molecule has 0 radical (unpaired) electrons. The van der Waals surface area contributed by atoms with E-state index in [1.165, 1.54) is 12.1 Å². The summed E-state index contributed by atoms with van der Waals surface area (Å²) in [6.07, 6.45) is 3.35. The number of hydrogen-bond donors (Lipinski definition) is 1. The standard InChI is InChI=1S/C20H23ClN6O4/c1-13(2)17(24-18(28)15-5-4-14(27(30)31)12-16(15)21)19(29)25-8-10-26(11-9-25)20-22-6-3-7-23-20/h3-7,12-13,17H,8-11H2,1-2H3,(H,24,28)/t17-/m0/s1. The van der Waals surface area contributed by atoms with Gasteiger partial charge in [-0.2, -0.15) is 0 Å². The number of hydrogen-bond acceptors (Lipinski definition) is 7. The lowest BCUT2D eigenvalue weighted by molar-refractivity contribution is -0.384. The zero-order chi connectivity index (χ0) is 22.5. The second-order valence-corrected chi connectivity index (χ2v) is 7.88. The molecule has 1 aromatic heterocycles. The van der Waals surface area contributed by atoms with Crippen molar-refractivity contribution in [3.63, 3.8) is 0 Å². The second kappa shape index (κ2) is 9.69. The van der Waals surface area contributed by atoms with Crippen LogP contribution >= 0.6 is 11.6 Å². The summed E-state index contributed by atoms with van der Waals surface area (Å²) in [5.41, 5.74) is -0.130. The van der Waals surface area contributed by atoms with Gasteiger partial charge in [-0.15, -0.1) is 0 Å². The number of anilines is 1. The molecule has 2 amide bonds. The monoisotopic (exact) mass is 446 g/mol. The molecule has 0 aliphatic carbocycles. The normalized spacial score (nSPS) is 15.0. The number of carbonyl (C=O) groups is 2. The van der Waals surface area contributed by atoms with E-state index >= 15 is 0 Å². The predicted molar refractivity (Wildman–Crippen MR) is 115 cm³/mol. The van der Waals surface area contributed by atoms with Crippen LogP contribution in [0.15, 0.2) is 36.7 Å². The van der Waals surface area contributed by atoms with Gasteiger partial charge in [0.05, 0.1) is 15.5 Å². The third-order valence-corrected chi connectivity index (χ3v) is 5.37. The lowest BCUT2D eigenvalue weighted by atomic mass is 10.0. The Morgan fingerprint density at radius 2 is 1.81 bits per heavy atom. The molecule has 10 nitrogen and oxygen atoms in total. The largest absolute Gasteiger partial charge is 0.340 e. The van der Waals surface area contributed by atoms with E-state index in [2.05, 4.69) is 15.3 Å². The average molecular weight is 447 g/mol. The Labute approximate surface area is 184 Å². The number of nitrogens with one attached hydrogen (secondary N) is 1. The number of halogens is 1. The number of nitro groups is 1. The minimum absolute atomic E-state index is 0.0434. The molecule has 31 heavy (non-hydrogen) atoms. The van der Waals surface area contributed by atoms with Gasteiger partial charge in [-0.3, -0.25) is 19.7 Å². The van der Waals surface area contributed by atoms with Gasteiger partial charge in [0, 0.05) is 50.7 Å². The number of aromatic nitrogens is 2. The van der Waals surface area contributed by atoms with Crippen LogP contribution in [0.4, 0.5) is 11.6 Å². The van der Waals surface area contributed by atoms with E-state index < -0.39 is 16.9 Å². The van der Waals surface area contributed by atoms with Crippen LogP contribution in [0.3, 0.4) is 0 Å². The Hall–Kier alpha value is -3.27. The summed E-state index contributed by atoms with van der Waals surface area (Å²) < 4.78 is 0. The summed E-state index contributed by atoms with van der Waals surface area (Å²) in [7, 11) is 0. The molecule has 0 bridgehead atoms. The van der Waals surface area contributed by atoms with Crippen molar-refractivity contribution in [2.45, 2.75) is 19.9 Å². The number of benzene rings is 1. The van der Waals surface area contributed by atoms with Gasteiger partial charge in [0.15, 0.2) is 0 Å². The lowest BCUT2D eigenvalue weighted by Gasteiger charge is -2.37. The fourth-order valence-electron chi connectivity index (χ4n) is 3.31. The van der Waals surface area contributed by atoms with Crippen molar-refractivity contribution >= 4 is 35.1 Å². The van der Waals surface area contributed by atoms with Gasteiger partial charge < -0.3 is 15.1 Å². The van der Waals surface area contributed by atoms with Crippen molar-refractivity contribution in [2.24, 2.45) is 5.92 Å². The maximum atomic E-state index is 13.1. The summed E-state index contributed by atoms with van der Waals surface area (Å²) in [5, 5.41) is 13.6. The first-order chi connectivity index (χ1) is 14.8. The van der Waals surface area contributed by atoms with Gasteiger partial charge in [0.2, 0.25) is 11.9 Å². The van der Waals surface area contributed by atoms with Gasteiger partial charge in [0.1, 0.15) is 6.04 Å². The zero-order valence-electron chi connectivity index (χ0n) is 17.2. The molecule has 1 aliphatic heterocycles. The minimum atomic E-state index is -0.752. The van der Waals surface area contributed by atoms with E-state index in [0.717, 1.165) is 6.07 Å². The number of piperazine rings is 1. The summed E-state index contributed by atoms with van der Waals surface area (Å²) in [6.45, 7) is 5.82. The SMILES string of the molecule is CC(C)[C@H](NC(=O)c1ccc([N+](=O)[O-])cc1Cl)C(=O)N1CCN(c2ncccn2)CC1. The van der Waals surface area contributed by atoms with Crippen molar-refractivity contribution in [3.8, 4) is 0 Å². The molecule has 164 valence electrons. The van der Waals surface area contributed by atoms with E-state index in [-0.39, 0.29) is 28.1 Å². The highest BCUT2D eigenvalue weighted by molar-refractivity contribution is 6.34. The number of nitro benzene ring substituents is 1. The number of non-ortho nitro benzene ring substituents is 1. The minimum Gasteiger partial charge on any atom is -0.340 e. The van der Waals surface area contributed by atoms with Gasteiger partial charge in [-0.25, -0.2) is 9.97 Å². The van der Waals surface area contributed by atoms with E-state index in [1.807, 2.05) is 18.7 Å². The molecule has 0 saturated carbocycles. The number of carbonyl (C=O) groups excluding carboxylic acids is 2. The van der Waals surface area contributed by atoms with Crippen molar-refractivity contribution in [3.05, 3.63) is 57.4 Å². The van der Waals surface area contributed by atoms with Gasteiger partial charge in [0.25, 0.3) is 11.6 Å². The molecule has 1 saturated heterocycles. The Balaban J connectivity index is 1.66. The Morgan fingerprint density at radius 3 is 2.35 bits per heavy atom. The number of nitrogens with zero attached hydrogens (tertiary/aromatic N) is 5. The Morgan fingerprint density at radius 1 is 1.16 bits per heavy atom. The molecule has 3 rings (SSSR count). The fraction of sp³-hybridized carbons (Fsp3) is 0.400. The van der Waals surface area contributed by atoms with Crippen molar-refractivity contribution in [1.29, 1.82) is 0 Å². The van der Waals surface area contributed by atoms with Gasteiger partial charge in [-0.1, -0.05) is 25.4 Å². The first-order valence-electron chi connectivity index (χ1n) is 9.83. The van der Waals surface area contributed by atoms with Crippen LogP contribution in [0.5, 0.6) is 0 Å². The highest BCUT2D eigenvalue weighted by Crippen LogP contribution is 2.23. The third-order valence-electron chi connectivity index (χ3n) is 5.05. The number of amides is 2. The molecule has 1 N–H and O–H groups in total. The smallest absolute Gasteiger partial charge is 0.270 e. The maximum absolute atomic E-state index is 13.1. The molecule has 0 unspecified atom stereocenters. The van der Waals surface area contributed by atoms with Crippen molar-refractivity contribution in [2.75, 3.05) is 31.1 Å². The highest BCUT2D eigenvalue weighted by atomic mass is 35.5. The molecular formula is C20H23ClN6O4. The quantitative estimate of drug-likeness (QED) is 0.532. The van der Waals surface area contributed by atoms with Gasteiger partial charge in [-0.05, 0) is 18.1 Å². The van der Waals surface area contributed by atoms with E-state index in [1.54, 1.807) is 23.4 Å². The van der Waals surface area contributed by atoms with E-state index in [9.17, 15) is 19.7 Å². The molecule has 11 heteroatoms. The van der Waals surface area contributed by atoms with Crippen molar-refractivity contribution < 1.29 is 14.5 Å². The van der Waals surface area contributed by atoms with Crippen LogP contribution in [0, 0.1) is 16.0 Å². The van der Waals surface area contributed by atoms with Crippen LogP contribution in [0.25, 0.3) is 0 Å².